The lowest BCUT2D eigenvalue weighted by molar-refractivity contribution is -0.147. The number of likely N-dealkylation sites (tertiary alicyclic amines) is 2. The van der Waals surface area contributed by atoms with E-state index in [1.165, 1.54) is 45.3 Å². The van der Waals surface area contributed by atoms with Crippen LogP contribution in [-0.4, -0.2) is 48.4 Å². The van der Waals surface area contributed by atoms with E-state index in [2.05, 4.69) is 30.6 Å². The molecule has 1 amide bonds. The fraction of sp³-hybridized carbons (Fsp3) is 0.938. The summed E-state index contributed by atoms with van der Waals surface area (Å²) in [4.78, 5) is 16.7. The number of piperidine rings is 1. The summed E-state index contributed by atoms with van der Waals surface area (Å²) in [6.07, 6.45) is 5.92. The first kappa shape index (κ1) is 14.8. The molecule has 2 fully saturated rings. The van der Waals surface area contributed by atoms with Crippen molar-refractivity contribution in [3.63, 3.8) is 0 Å². The van der Waals surface area contributed by atoms with Crippen molar-refractivity contribution in [2.45, 2.75) is 52.9 Å². The highest BCUT2D eigenvalue weighted by atomic mass is 16.2. The Morgan fingerprint density at radius 3 is 2.37 bits per heavy atom. The Bertz CT molecular complexity index is 298. The quantitative estimate of drug-likeness (QED) is 0.764. The molecule has 0 aliphatic carbocycles. The zero-order valence-electron chi connectivity index (χ0n) is 13.0. The van der Waals surface area contributed by atoms with Crippen molar-refractivity contribution in [3.8, 4) is 0 Å². The topological polar surface area (TPSA) is 23.6 Å². The molecule has 0 aromatic rings. The molecule has 0 radical (unpaired) electrons. The van der Waals surface area contributed by atoms with Gasteiger partial charge in [-0.3, -0.25) is 4.79 Å². The van der Waals surface area contributed by atoms with Gasteiger partial charge in [0.05, 0.1) is 0 Å². The number of hydrogen-bond acceptors (Lipinski definition) is 2. The Morgan fingerprint density at radius 1 is 1.21 bits per heavy atom. The monoisotopic (exact) mass is 266 g/mol. The van der Waals surface area contributed by atoms with Gasteiger partial charge in [-0.15, -0.1) is 0 Å². The van der Waals surface area contributed by atoms with Crippen LogP contribution < -0.4 is 0 Å². The van der Waals surface area contributed by atoms with E-state index in [9.17, 15) is 4.79 Å². The summed E-state index contributed by atoms with van der Waals surface area (Å²) in [5, 5.41) is 0. The molecule has 0 aromatic carbocycles. The number of carbonyl (C=O) groups excluding carboxylic acids is 1. The first-order chi connectivity index (χ1) is 9.04. The van der Waals surface area contributed by atoms with E-state index in [1.807, 2.05) is 0 Å². The lowest BCUT2D eigenvalue weighted by atomic mass is 9.71. The highest BCUT2D eigenvalue weighted by Gasteiger charge is 2.46. The van der Waals surface area contributed by atoms with Crippen LogP contribution in [0.25, 0.3) is 0 Å². The van der Waals surface area contributed by atoms with Crippen LogP contribution in [0.5, 0.6) is 0 Å². The number of unbranched alkanes of at least 4 members (excludes halogenated alkanes) is 1. The van der Waals surface area contributed by atoms with Crippen LogP contribution in [0.1, 0.15) is 52.9 Å². The Labute approximate surface area is 118 Å². The van der Waals surface area contributed by atoms with Gasteiger partial charge in [0.15, 0.2) is 0 Å². The first-order valence-corrected chi connectivity index (χ1v) is 8.05. The van der Waals surface area contributed by atoms with Gasteiger partial charge in [0.2, 0.25) is 5.91 Å². The molecule has 2 aliphatic heterocycles. The molecular formula is C16H30N2O. The largest absolute Gasteiger partial charge is 0.341 e. The molecule has 1 spiro atoms. The molecule has 0 unspecified atom stereocenters. The number of amides is 1. The van der Waals surface area contributed by atoms with Crippen LogP contribution in [0.15, 0.2) is 0 Å². The third kappa shape index (κ3) is 3.71. The highest BCUT2D eigenvalue weighted by molar-refractivity contribution is 5.77. The minimum atomic E-state index is 0.369. The van der Waals surface area contributed by atoms with Gasteiger partial charge in [-0.2, -0.15) is 0 Å². The Balaban J connectivity index is 1.70. The Hall–Kier alpha value is -0.570. The number of carbonyl (C=O) groups is 1. The van der Waals surface area contributed by atoms with Gasteiger partial charge in [-0.05, 0) is 44.8 Å². The summed E-state index contributed by atoms with van der Waals surface area (Å²) in [6, 6.07) is 0. The first-order valence-electron chi connectivity index (χ1n) is 8.05. The molecule has 2 aliphatic rings. The lowest BCUT2D eigenvalue weighted by Crippen LogP contribution is -2.62. The number of hydrogen-bond donors (Lipinski definition) is 0. The minimum Gasteiger partial charge on any atom is -0.341 e. The van der Waals surface area contributed by atoms with Crippen molar-refractivity contribution in [2.75, 3.05) is 32.7 Å². The smallest absolute Gasteiger partial charge is 0.222 e. The molecule has 0 N–H and O–H groups in total. The predicted molar refractivity (Wildman–Crippen MR) is 79.1 cm³/mol. The van der Waals surface area contributed by atoms with Crippen LogP contribution in [-0.2, 0) is 4.79 Å². The third-order valence-corrected chi connectivity index (χ3v) is 4.73. The second kappa shape index (κ2) is 6.25. The molecule has 0 bridgehead atoms. The van der Waals surface area contributed by atoms with E-state index >= 15 is 0 Å². The van der Waals surface area contributed by atoms with Gasteiger partial charge in [0.25, 0.3) is 0 Å². The fourth-order valence-electron chi connectivity index (χ4n) is 3.37. The van der Waals surface area contributed by atoms with Gasteiger partial charge in [-0.1, -0.05) is 27.2 Å². The van der Waals surface area contributed by atoms with E-state index in [0.717, 1.165) is 19.5 Å². The van der Waals surface area contributed by atoms with Crippen LogP contribution in [0, 0.1) is 11.3 Å². The lowest BCUT2D eigenvalue weighted by Gasteiger charge is -2.54. The standard InChI is InChI=1S/C16H30N2O/c1-4-5-8-17-9-6-16(7-10-17)12-18(13-16)15(19)11-14(2)3/h14H,4-13H2,1-3H3. The van der Waals surface area contributed by atoms with Gasteiger partial charge in [-0.25, -0.2) is 0 Å². The van der Waals surface area contributed by atoms with Crippen molar-refractivity contribution in [3.05, 3.63) is 0 Å². The van der Waals surface area contributed by atoms with Crippen LogP contribution in [0.2, 0.25) is 0 Å². The summed E-state index contributed by atoms with van der Waals surface area (Å²) < 4.78 is 0. The summed E-state index contributed by atoms with van der Waals surface area (Å²) in [5.41, 5.74) is 0.482. The zero-order chi connectivity index (χ0) is 13.9. The molecule has 0 aromatic heterocycles. The molecule has 0 atom stereocenters. The second-order valence-electron chi connectivity index (χ2n) is 7.04. The molecule has 2 heterocycles. The fourth-order valence-corrected chi connectivity index (χ4v) is 3.37. The maximum absolute atomic E-state index is 12.0. The van der Waals surface area contributed by atoms with Crippen LogP contribution in [0.4, 0.5) is 0 Å². The zero-order valence-corrected chi connectivity index (χ0v) is 13.0. The van der Waals surface area contributed by atoms with Crippen molar-refractivity contribution in [1.82, 2.24) is 9.80 Å². The van der Waals surface area contributed by atoms with Crippen LogP contribution >= 0.6 is 0 Å². The number of nitrogens with zero attached hydrogens (tertiary/aromatic N) is 2. The maximum atomic E-state index is 12.0. The van der Waals surface area contributed by atoms with Crippen molar-refractivity contribution in [2.24, 2.45) is 11.3 Å². The molecule has 19 heavy (non-hydrogen) atoms. The van der Waals surface area contributed by atoms with Crippen molar-refractivity contribution in [1.29, 1.82) is 0 Å². The maximum Gasteiger partial charge on any atom is 0.222 e. The van der Waals surface area contributed by atoms with E-state index in [-0.39, 0.29) is 0 Å². The van der Waals surface area contributed by atoms with E-state index in [0.29, 0.717) is 17.2 Å². The average Bonchev–Trinajstić information content (AvgIpc) is 2.33. The summed E-state index contributed by atoms with van der Waals surface area (Å²) >= 11 is 0. The molecular weight excluding hydrogens is 236 g/mol. The average molecular weight is 266 g/mol. The van der Waals surface area contributed by atoms with E-state index < -0.39 is 0 Å². The second-order valence-corrected chi connectivity index (χ2v) is 7.04. The molecule has 110 valence electrons. The molecule has 3 nitrogen and oxygen atoms in total. The normalized spacial score (nSPS) is 22.8. The number of rotatable bonds is 5. The Morgan fingerprint density at radius 2 is 1.84 bits per heavy atom. The Kier molecular flexibility index (Phi) is 4.88. The van der Waals surface area contributed by atoms with Crippen molar-refractivity contribution < 1.29 is 4.79 Å². The summed E-state index contributed by atoms with van der Waals surface area (Å²) in [5.74, 6) is 0.856. The van der Waals surface area contributed by atoms with Gasteiger partial charge in [0.1, 0.15) is 0 Å². The summed E-state index contributed by atoms with van der Waals surface area (Å²) in [6.45, 7) is 12.3. The van der Waals surface area contributed by atoms with Crippen molar-refractivity contribution >= 4 is 5.91 Å². The van der Waals surface area contributed by atoms with Gasteiger partial charge >= 0.3 is 0 Å². The molecule has 2 saturated heterocycles. The highest BCUT2D eigenvalue weighted by Crippen LogP contribution is 2.40. The molecule has 0 saturated carbocycles. The summed E-state index contributed by atoms with van der Waals surface area (Å²) in [7, 11) is 0. The molecule has 3 heteroatoms. The van der Waals surface area contributed by atoms with E-state index in [1.54, 1.807) is 0 Å². The molecule has 2 rings (SSSR count). The van der Waals surface area contributed by atoms with E-state index in [4.69, 9.17) is 0 Å². The predicted octanol–water partition coefficient (Wildman–Crippen LogP) is 2.76. The third-order valence-electron chi connectivity index (χ3n) is 4.73. The van der Waals surface area contributed by atoms with Gasteiger partial charge < -0.3 is 9.80 Å². The minimum absolute atomic E-state index is 0.369. The SMILES string of the molecule is CCCCN1CCC2(CC1)CN(C(=O)CC(C)C)C2. The van der Waals surface area contributed by atoms with Gasteiger partial charge in [0, 0.05) is 24.9 Å². The van der Waals surface area contributed by atoms with Crippen LogP contribution in [0.3, 0.4) is 0 Å².